The Bertz CT molecular complexity index is 1130. The van der Waals surface area contributed by atoms with Crippen LogP contribution in [0.4, 0.5) is 15.8 Å². The minimum absolute atomic E-state index is 0.116. The second kappa shape index (κ2) is 8.71. The summed E-state index contributed by atoms with van der Waals surface area (Å²) in [6.07, 6.45) is 2.26. The fourth-order valence-corrected chi connectivity index (χ4v) is 4.27. The number of carbonyl (C=O) groups excluding carboxylic acids is 1. The van der Waals surface area contributed by atoms with Crippen LogP contribution >= 0.6 is 11.6 Å². The van der Waals surface area contributed by atoms with E-state index < -0.39 is 5.82 Å². The fraction of sp³-hybridized carbons (Fsp3) is 0.333. The highest BCUT2D eigenvalue weighted by Gasteiger charge is 2.21. The molecule has 1 fully saturated rings. The van der Waals surface area contributed by atoms with Gasteiger partial charge in [-0.15, -0.1) is 0 Å². The standard InChI is InChI=1S/C24H26ClFN4O/c1-15-9-10-18(13-20(15)25)30-17(3)19(16(2)28-30)14-23(31)27-24-21(26)7-6-8-22(24)29-11-4-5-12-29/h6-10,13H,4-5,11-12,14H2,1-3H3,(H,27,31). The first-order valence-corrected chi connectivity index (χ1v) is 10.9. The number of hydrogen-bond donors (Lipinski definition) is 1. The third-order valence-corrected chi connectivity index (χ3v) is 6.29. The third kappa shape index (κ3) is 4.30. The first-order valence-electron chi connectivity index (χ1n) is 10.5. The largest absolute Gasteiger partial charge is 0.370 e. The van der Waals surface area contributed by atoms with Crippen molar-refractivity contribution in [2.75, 3.05) is 23.3 Å². The molecular formula is C24H26ClFN4O. The number of benzene rings is 2. The molecule has 4 rings (SSSR count). The van der Waals surface area contributed by atoms with Gasteiger partial charge in [-0.25, -0.2) is 9.07 Å². The maximum atomic E-state index is 14.6. The van der Waals surface area contributed by atoms with E-state index in [1.54, 1.807) is 10.7 Å². The SMILES string of the molecule is Cc1ccc(-n2nc(C)c(CC(=O)Nc3c(F)cccc3N3CCCC3)c2C)cc1Cl. The molecule has 162 valence electrons. The molecule has 3 aromatic rings. The summed E-state index contributed by atoms with van der Waals surface area (Å²) < 4.78 is 16.4. The Morgan fingerprint density at radius 3 is 2.61 bits per heavy atom. The fourth-order valence-electron chi connectivity index (χ4n) is 4.10. The van der Waals surface area contributed by atoms with Crippen molar-refractivity contribution in [2.24, 2.45) is 0 Å². The van der Waals surface area contributed by atoms with Crippen molar-refractivity contribution < 1.29 is 9.18 Å². The predicted octanol–water partition coefficient (Wildman–Crippen LogP) is 5.37. The minimum Gasteiger partial charge on any atom is -0.370 e. The van der Waals surface area contributed by atoms with Crippen LogP contribution in [-0.4, -0.2) is 28.8 Å². The van der Waals surface area contributed by atoms with Gasteiger partial charge < -0.3 is 10.2 Å². The smallest absolute Gasteiger partial charge is 0.229 e. The van der Waals surface area contributed by atoms with Crippen LogP contribution in [0.3, 0.4) is 0 Å². The number of rotatable bonds is 5. The van der Waals surface area contributed by atoms with E-state index in [-0.39, 0.29) is 18.0 Å². The summed E-state index contributed by atoms with van der Waals surface area (Å²) in [7, 11) is 0. The van der Waals surface area contributed by atoms with Gasteiger partial charge in [-0.3, -0.25) is 4.79 Å². The lowest BCUT2D eigenvalue weighted by Gasteiger charge is -2.22. The number of anilines is 2. The Labute approximate surface area is 186 Å². The molecule has 2 aromatic carbocycles. The highest BCUT2D eigenvalue weighted by atomic mass is 35.5. The molecule has 5 nitrogen and oxygen atoms in total. The van der Waals surface area contributed by atoms with Crippen LogP contribution in [-0.2, 0) is 11.2 Å². The maximum absolute atomic E-state index is 14.6. The lowest BCUT2D eigenvalue weighted by atomic mass is 10.1. The zero-order valence-electron chi connectivity index (χ0n) is 18.0. The molecule has 0 radical (unpaired) electrons. The first kappa shape index (κ1) is 21.4. The van der Waals surface area contributed by atoms with E-state index in [4.69, 9.17) is 11.6 Å². The number of aryl methyl sites for hydroxylation is 2. The molecule has 0 bridgehead atoms. The van der Waals surface area contributed by atoms with Crippen LogP contribution in [0.15, 0.2) is 36.4 Å². The first-order chi connectivity index (χ1) is 14.8. The Morgan fingerprint density at radius 1 is 1.16 bits per heavy atom. The average Bonchev–Trinajstić information content (AvgIpc) is 3.36. The lowest BCUT2D eigenvalue weighted by molar-refractivity contribution is -0.115. The van der Waals surface area contributed by atoms with Gasteiger partial charge in [0.05, 0.1) is 23.5 Å². The van der Waals surface area contributed by atoms with Crippen molar-refractivity contribution in [2.45, 2.75) is 40.0 Å². The van der Waals surface area contributed by atoms with E-state index in [1.807, 2.05) is 45.0 Å². The molecule has 1 amide bonds. The summed E-state index contributed by atoms with van der Waals surface area (Å²) in [4.78, 5) is 15.0. The molecule has 1 aromatic heterocycles. The van der Waals surface area contributed by atoms with E-state index in [9.17, 15) is 9.18 Å². The van der Waals surface area contributed by atoms with Crippen LogP contribution in [0.5, 0.6) is 0 Å². The van der Waals surface area contributed by atoms with Gasteiger partial charge >= 0.3 is 0 Å². The number of halogens is 2. The van der Waals surface area contributed by atoms with Gasteiger partial charge in [0.25, 0.3) is 0 Å². The van der Waals surface area contributed by atoms with Crippen molar-refractivity contribution >= 4 is 28.9 Å². The quantitative estimate of drug-likeness (QED) is 0.580. The Morgan fingerprint density at radius 2 is 1.90 bits per heavy atom. The molecule has 1 aliphatic heterocycles. The van der Waals surface area contributed by atoms with Gasteiger partial charge in [-0.1, -0.05) is 23.7 Å². The molecule has 1 saturated heterocycles. The molecular weight excluding hydrogens is 415 g/mol. The number of nitrogens with zero attached hydrogens (tertiary/aromatic N) is 3. The van der Waals surface area contributed by atoms with Gasteiger partial charge in [0.15, 0.2) is 0 Å². The molecule has 0 spiro atoms. The van der Waals surface area contributed by atoms with Crippen molar-refractivity contribution in [3.05, 3.63) is 69.8 Å². The summed E-state index contributed by atoms with van der Waals surface area (Å²) in [5, 5.41) is 8.08. The topological polar surface area (TPSA) is 50.2 Å². The summed E-state index contributed by atoms with van der Waals surface area (Å²) in [5.74, 6) is -0.686. The number of aromatic nitrogens is 2. The molecule has 0 saturated carbocycles. The van der Waals surface area contributed by atoms with Crippen molar-refractivity contribution in [1.82, 2.24) is 9.78 Å². The maximum Gasteiger partial charge on any atom is 0.229 e. The second-order valence-corrected chi connectivity index (χ2v) is 8.45. The Balaban J connectivity index is 1.58. The van der Waals surface area contributed by atoms with Crippen molar-refractivity contribution in [3.63, 3.8) is 0 Å². The monoisotopic (exact) mass is 440 g/mol. The predicted molar refractivity (Wildman–Crippen MR) is 123 cm³/mol. The summed E-state index contributed by atoms with van der Waals surface area (Å²) in [6.45, 7) is 7.49. The van der Waals surface area contributed by atoms with Gasteiger partial charge in [0.2, 0.25) is 5.91 Å². The van der Waals surface area contributed by atoms with Crippen molar-refractivity contribution in [1.29, 1.82) is 0 Å². The molecule has 0 unspecified atom stereocenters. The number of carbonyl (C=O) groups is 1. The van der Waals surface area contributed by atoms with Gasteiger partial charge in [0, 0.05) is 29.4 Å². The zero-order chi connectivity index (χ0) is 22.1. The number of para-hydroxylation sites is 1. The molecule has 0 atom stereocenters. The molecule has 7 heteroatoms. The molecule has 2 heterocycles. The highest BCUT2D eigenvalue weighted by Crippen LogP contribution is 2.31. The highest BCUT2D eigenvalue weighted by molar-refractivity contribution is 6.31. The van der Waals surface area contributed by atoms with Gasteiger partial charge in [-0.05, 0) is 63.4 Å². The number of nitrogens with one attached hydrogen (secondary N) is 1. The van der Waals surface area contributed by atoms with Crippen LogP contribution in [0.1, 0.15) is 35.4 Å². The molecule has 31 heavy (non-hydrogen) atoms. The van der Waals surface area contributed by atoms with E-state index in [1.165, 1.54) is 6.07 Å². The minimum atomic E-state index is -0.420. The van der Waals surface area contributed by atoms with E-state index >= 15 is 0 Å². The Hall–Kier alpha value is -2.86. The summed E-state index contributed by atoms with van der Waals surface area (Å²) in [6, 6.07) is 10.7. The molecule has 1 aliphatic rings. The van der Waals surface area contributed by atoms with E-state index in [2.05, 4.69) is 15.3 Å². The number of amides is 1. The van der Waals surface area contributed by atoms with Crippen LogP contribution in [0.25, 0.3) is 5.69 Å². The van der Waals surface area contributed by atoms with Gasteiger partial charge in [-0.2, -0.15) is 5.10 Å². The van der Waals surface area contributed by atoms with Crippen LogP contribution in [0, 0.1) is 26.6 Å². The van der Waals surface area contributed by atoms with Crippen LogP contribution < -0.4 is 10.2 Å². The normalized spacial score (nSPS) is 13.6. The van der Waals surface area contributed by atoms with Gasteiger partial charge in [0.1, 0.15) is 11.5 Å². The average molecular weight is 441 g/mol. The van der Waals surface area contributed by atoms with Crippen molar-refractivity contribution in [3.8, 4) is 5.69 Å². The zero-order valence-corrected chi connectivity index (χ0v) is 18.8. The lowest BCUT2D eigenvalue weighted by Crippen LogP contribution is -2.23. The molecule has 1 N–H and O–H groups in total. The second-order valence-electron chi connectivity index (χ2n) is 8.05. The summed E-state index contributed by atoms with van der Waals surface area (Å²) in [5.41, 5.74) is 5.28. The van der Waals surface area contributed by atoms with E-state index in [0.29, 0.717) is 5.02 Å². The molecule has 0 aliphatic carbocycles. The third-order valence-electron chi connectivity index (χ3n) is 5.88. The van der Waals surface area contributed by atoms with Crippen LogP contribution in [0.2, 0.25) is 5.02 Å². The number of hydrogen-bond acceptors (Lipinski definition) is 3. The summed E-state index contributed by atoms with van der Waals surface area (Å²) >= 11 is 6.28. The Kier molecular flexibility index (Phi) is 6.01. The van der Waals surface area contributed by atoms with E-state index in [0.717, 1.165) is 59.8 Å².